The summed E-state index contributed by atoms with van der Waals surface area (Å²) in [6.07, 6.45) is 9.06. The van der Waals surface area contributed by atoms with Crippen LogP contribution in [0.4, 0.5) is 5.82 Å². The molecule has 0 aromatic carbocycles. The maximum Gasteiger partial charge on any atom is 0.328 e. The van der Waals surface area contributed by atoms with E-state index < -0.39 is 6.04 Å². The van der Waals surface area contributed by atoms with E-state index in [1.807, 2.05) is 12.1 Å². The van der Waals surface area contributed by atoms with Crippen molar-refractivity contribution in [3.05, 3.63) is 23.9 Å². The Bertz CT molecular complexity index is 656. The fraction of sp³-hybridized carbons (Fsp3) is 0.632. The van der Waals surface area contributed by atoms with Gasteiger partial charge in [0.25, 0.3) is 5.91 Å². The molecule has 1 aromatic rings. The first-order valence-electron chi connectivity index (χ1n) is 9.30. The summed E-state index contributed by atoms with van der Waals surface area (Å²) in [7, 11) is 1.40. The van der Waals surface area contributed by atoms with Gasteiger partial charge in [0.05, 0.1) is 12.7 Å². The molecule has 0 spiro atoms. The first-order valence-corrected chi connectivity index (χ1v) is 9.30. The van der Waals surface area contributed by atoms with Gasteiger partial charge in [0, 0.05) is 18.3 Å². The van der Waals surface area contributed by atoms with Crippen molar-refractivity contribution in [3.8, 4) is 0 Å². The van der Waals surface area contributed by atoms with Gasteiger partial charge in [0.15, 0.2) is 0 Å². The van der Waals surface area contributed by atoms with E-state index in [1.54, 1.807) is 11.1 Å². The first kappa shape index (κ1) is 16.4. The van der Waals surface area contributed by atoms with E-state index in [0.717, 1.165) is 31.5 Å². The standard InChI is InChI=1S/C19H25N3O3/c1-25-19(24)16-10-12-4-2-3-5-15(12)22(16)18(23)13-6-9-17(20-11-13)21-14-7-8-14/h6,9,11-12,14-16H,2-5,7-8,10H2,1H3,(H,20,21). The number of ether oxygens (including phenoxy) is 1. The zero-order valence-electron chi connectivity index (χ0n) is 14.6. The molecule has 1 saturated heterocycles. The third-order valence-electron chi connectivity index (χ3n) is 5.74. The smallest absolute Gasteiger partial charge is 0.328 e. The maximum atomic E-state index is 13.1. The number of nitrogens with one attached hydrogen (secondary N) is 1. The molecular weight excluding hydrogens is 318 g/mol. The molecule has 1 N–H and O–H groups in total. The molecule has 1 aliphatic heterocycles. The number of nitrogens with zero attached hydrogens (tertiary/aromatic N) is 2. The quantitative estimate of drug-likeness (QED) is 0.851. The number of amides is 1. The molecule has 0 radical (unpaired) electrons. The second-order valence-corrected chi connectivity index (χ2v) is 7.45. The fourth-order valence-electron chi connectivity index (χ4n) is 4.29. The summed E-state index contributed by atoms with van der Waals surface area (Å²) in [5.74, 6) is 0.809. The Balaban J connectivity index is 1.55. The van der Waals surface area contributed by atoms with Crippen LogP contribution in [-0.2, 0) is 9.53 Å². The van der Waals surface area contributed by atoms with Gasteiger partial charge >= 0.3 is 5.97 Å². The van der Waals surface area contributed by atoms with Crippen LogP contribution in [0, 0.1) is 5.92 Å². The number of esters is 1. The van der Waals surface area contributed by atoms with Crippen molar-refractivity contribution in [3.63, 3.8) is 0 Å². The average Bonchev–Trinajstić information content (AvgIpc) is 3.37. The Kier molecular flexibility index (Phi) is 4.36. The van der Waals surface area contributed by atoms with Crippen LogP contribution in [0.1, 0.15) is 55.3 Å². The topological polar surface area (TPSA) is 71.5 Å². The van der Waals surface area contributed by atoms with Crippen molar-refractivity contribution in [1.82, 2.24) is 9.88 Å². The van der Waals surface area contributed by atoms with Crippen molar-refractivity contribution in [1.29, 1.82) is 0 Å². The van der Waals surface area contributed by atoms with Gasteiger partial charge in [-0.15, -0.1) is 0 Å². The molecule has 3 fully saturated rings. The van der Waals surface area contributed by atoms with Gasteiger partial charge in [-0.05, 0) is 50.2 Å². The summed E-state index contributed by atoms with van der Waals surface area (Å²) in [5.41, 5.74) is 0.543. The third kappa shape index (κ3) is 3.22. The number of hydrogen-bond donors (Lipinski definition) is 1. The molecule has 1 amide bonds. The van der Waals surface area contributed by atoms with Gasteiger partial charge in [-0.25, -0.2) is 9.78 Å². The molecule has 2 aliphatic carbocycles. The van der Waals surface area contributed by atoms with Gasteiger partial charge < -0.3 is 15.0 Å². The van der Waals surface area contributed by atoms with Gasteiger partial charge in [-0.2, -0.15) is 0 Å². The number of fused-ring (bicyclic) bond motifs is 1. The Hall–Kier alpha value is -2.11. The minimum Gasteiger partial charge on any atom is -0.467 e. The Morgan fingerprint density at radius 2 is 2.00 bits per heavy atom. The van der Waals surface area contributed by atoms with Crippen LogP contribution in [0.15, 0.2) is 18.3 Å². The Morgan fingerprint density at radius 3 is 2.68 bits per heavy atom. The lowest BCUT2D eigenvalue weighted by Gasteiger charge is -2.33. The number of carbonyl (C=O) groups excluding carboxylic acids is 2. The maximum absolute atomic E-state index is 13.1. The summed E-state index contributed by atoms with van der Waals surface area (Å²) >= 11 is 0. The summed E-state index contributed by atoms with van der Waals surface area (Å²) in [5, 5.41) is 3.32. The van der Waals surface area contributed by atoms with Crippen LogP contribution >= 0.6 is 0 Å². The number of hydrogen-bond acceptors (Lipinski definition) is 5. The second kappa shape index (κ2) is 6.65. The van der Waals surface area contributed by atoms with E-state index in [2.05, 4.69) is 10.3 Å². The summed E-state index contributed by atoms with van der Waals surface area (Å²) in [6, 6.07) is 3.88. The highest BCUT2D eigenvalue weighted by Gasteiger charge is 2.48. The molecular formula is C19H25N3O3. The Labute approximate surface area is 147 Å². The number of aromatic nitrogens is 1. The lowest BCUT2D eigenvalue weighted by Crippen LogP contribution is -2.46. The number of anilines is 1. The monoisotopic (exact) mass is 343 g/mol. The van der Waals surface area contributed by atoms with Crippen molar-refractivity contribution in [2.24, 2.45) is 5.92 Å². The van der Waals surface area contributed by atoms with Crippen molar-refractivity contribution in [2.45, 2.75) is 63.1 Å². The van der Waals surface area contributed by atoms with Gasteiger partial charge in [-0.1, -0.05) is 12.8 Å². The molecule has 6 nitrogen and oxygen atoms in total. The van der Waals surface area contributed by atoms with E-state index >= 15 is 0 Å². The normalized spacial score (nSPS) is 28.4. The predicted octanol–water partition coefficient (Wildman–Crippen LogP) is 2.60. The van der Waals surface area contributed by atoms with Crippen molar-refractivity contribution < 1.29 is 14.3 Å². The second-order valence-electron chi connectivity index (χ2n) is 7.45. The largest absolute Gasteiger partial charge is 0.467 e. The summed E-state index contributed by atoms with van der Waals surface area (Å²) in [4.78, 5) is 31.5. The highest BCUT2D eigenvalue weighted by molar-refractivity contribution is 5.97. The minimum absolute atomic E-state index is 0.102. The number of pyridine rings is 1. The van der Waals surface area contributed by atoms with E-state index in [1.165, 1.54) is 26.4 Å². The SMILES string of the molecule is COC(=O)C1CC2CCCCC2N1C(=O)c1ccc(NC2CC2)nc1. The third-order valence-corrected chi connectivity index (χ3v) is 5.74. The molecule has 6 heteroatoms. The zero-order chi connectivity index (χ0) is 17.4. The molecule has 2 heterocycles. The number of likely N-dealkylation sites (tertiary alicyclic amines) is 1. The molecule has 3 aliphatic rings. The number of methoxy groups -OCH3 is 1. The minimum atomic E-state index is -0.463. The summed E-state index contributed by atoms with van der Waals surface area (Å²) in [6.45, 7) is 0. The number of rotatable bonds is 4. The van der Waals surface area contributed by atoms with E-state index in [4.69, 9.17) is 4.74 Å². The molecule has 0 bridgehead atoms. The highest BCUT2D eigenvalue weighted by atomic mass is 16.5. The Morgan fingerprint density at radius 1 is 1.20 bits per heavy atom. The van der Waals surface area contributed by atoms with E-state index in [9.17, 15) is 9.59 Å². The van der Waals surface area contributed by atoms with E-state index in [0.29, 0.717) is 17.5 Å². The van der Waals surface area contributed by atoms with Crippen LogP contribution < -0.4 is 5.32 Å². The molecule has 134 valence electrons. The number of carbonyl (C=O) groups is 2. The molecule has 2 saturated carbocycles. The van der Waals surface area contributed by atoms with Gasteiger partial charge in [0.2, 0.25) is 0 Å². The van der Waals surface area contributed by atoms with Gasteiger partial charge in [0.1, 0.15) is 11.9 Å². The van der Waals surface area contributed by atoms with Crippen LogP contribution in [-0.4, -0.2) is 47.0 Å². The predicted molar refractivity (Wildman–Crippen MR) is 93.2 cm³/mol. The van der Waals surface area contributed by atoms with Crippen LogP contribution in [0.3, 0.4) is 0 Å². The van der Waals surface area contributed by atoms with Gasteiger partial charge in [-0.3, -0.25) is 4.79 Å². The highest BCUT2D eigenvalue weighted by Crippen LogP contribution is 2.40. The van der Waals surface area contributed by atoms with Crippen LogP contribution in [0.5, 0.6) is 0 Å². The lowest BCUT2D eigenvalue weighted by atomic mass is 9.84. The molecule has 3 unspecified atom stereocenters. The molecule has 1 aromatic heterocycles. The summed E-state index contributed by atoms with van der Waals surface area (Å²) < 4.78 is 4.97. The fourth-order valence-corrected chi connectivity index (χ4v) is 4.29. The van der Waals surface area contributed by atoms with Crippen molar-refractivity contribution in [2.75, 3.05) is 12.4 Å². The molecule has 3 atom stereocenters. The zero-order valence-corrected chi connectivity index (χ0v) is 14.6. The first-order chi connectivity index (χ1) is 12.2. The van der Waals surface area contributed by atoms with Crippen LogP contribution in [0.2, 0.25) is 0 Å². The molecule has 25 heavy (non-hydrogen) atoms. The average molecular weight is 343 g/mol. The molecule has 4 rings (SSSR count). The van der Waals surface area contributed by atoms with Crippen LogP contribution in [0.25, 0.3) is 0 Å². The lowest BCUT2D eigenvalue weighted by molar-refractivity contribution is -0.145. The van der Waals surface area contributed by atoms with E-state index in [-0.39, 0.29) is 17.9 Å². The van der Waals surface area contributed by atoms with Crippen molar-refractivity contribution >= 4 is 17.7 Å².